The van der Waals surface area contributed by atoms with Crippen molar-refractivity contribution in [1.29, 1.82) is 0 Å². The Bertz CT molecular complexity index is 515. The van der Waals surface area contributed by atoms with Gasteiger partial charge in [0.1, 0.15) is 23.4 Å². The molecule has 0 heterocycles. The van der Waals surface area contributed by atoms with E-state index in [2.05, 4.69) is 4.74 Å². The van der Waals surface area contributed by atoms with E-state index in [1.807, 2.05) is 27.7 Å². The van der Waals surface area contributed by atoms with Gasteiger partial charge in [-0.2, -0.15) is 0 Å². The van der Waals surface area contributed by atoms with E-state index in [-0.39, 0.29) is 35.8 Å². The standard InChI is InChI=1S/C12H22O3.C6H10O3.2H2O.O.Ti/c1-7-15-11(14)12(8(2)3,9(4)5)10(6)13;1-3-9-6(8)4-5(2)7;;;;/h8-9H,7H2,1-6H3;3-4H2,1-2H3;2*1H2;;/q;;;;;+2/p-2. The molecule has 28 heavy (non-hydrogen) atoms. The summed E-state index contributed by atoms with van der Waals surface area (Å²) < 4.78 is 32.8. The summed E-state index contributed by atoms with van der Waals surface area (Å²) in [7, 11) is 0. The maximum absolute atomic E-state index is 11.9. The SMILES string of the molecule is CCOC(=O)C(C(C)=O)(C(C)C)C(C)C.CCOC(=O)CC(C)=O.[O]=[Ti]([OH])[OH]. The molecule has 10 heteroatoms. The van der Waals surface area contributed by atoms with Crippen LogP contribution in [0.5, 0.6) is 0 Å². The summed E-state index contributed by atoms with van der Waals surface area (Å²) in [5, 5.41) is 0. The van der Waals surface area contributed by atoms with Gasteiger partial charge in [0.05, 0.1) is 13.2 Å². The van der Waals surface area contributed by atoms with Gasteiger partial charge in [0.25, 0.3) is 0 Å². The number of rotatable bonds is 8. The fourth-order valence-corrected chi connectivity index (χ4v) is 2.76. The first-order valence-corrected chi connectivity index (χ1v) is 11.0. The van der Waals surface area contributed by atoms with Crippen LogP contribution in [0.15, 0.2) is 0 Å². The number of hydrogen-bond donors (Lipinski definition) is 2. The number of Topliss-reactive ketones (excluding diaryl/α,β-unsaturated/α-hetero) is 2. The van der Waals surface area contributed by atoms with E-state index in [1.165, 1.54) is 13.8 Å². The van der Waals surface area contributed by atoms with E-state index in [0.717, 1.165) is 0 Å². The molecule has 2 N–H and O–H groups in total. The van der Waals surface area contributed by atoms with E-state index in [0.29, 0.717) is 13.2 Å². The normalized spacial score (nSPS) is 10.1. The van der Waals surface area contributed by atoms with Crippen molar-refractivity contribution in [3.63, 3.8) is 0 Å². The van der Waals surface area contributed by atoms with Gasteiger partial charge in [0.15, 0.2) is 0 Å². The van der Waals surface area contributed by atoms with Gasteiger partial charge in [0.2, 0.25) is 0 Å². The van der Waals surface area contributed by atoms with Crippen LogP contribution >= 0.6 is 0 Å². The molecule has 0 aliphatic heterocycles. The van der Waals surface area contributed by atoms with Gasteiger partial charge in [-0.1, -0.05) is 27.7 Å². The zero-order chi connectivity index (χ0) is 23.1. The van der Waals surface area contributed by atoms with Crippen molar-refractivity contribution in [2.75, 3.05) is 13.2 Å². The van der Waals surface area contributed by atoms with Crippen LogP contribution in [0.4, 0.5) is 0 Å². The maximum atomic E-state index is 11.9. The Labute approximate surface area is 173 Å². The van der Waals surface area contributed by atoms with E-state index in [4.69, 9.17) is 15.4 Å². The molecule has 0 radical (unpaired) electrons. The molecule has 0 saturated carbocycles. The van der Waals surface area contributed by atoms with Crippen molar-refractivity contribution in [2.24, 2.45) is 17.3 Å². The third-order valence-corrected chi connectivity index (χ3v) is 3.72. The number of carbonyl (C=O) groups excluding carboxylic acids is 4. The predicted octanol–water partition coefficient (Wildman–Crippen LogP) is 1.73. The number of ether oxygens (including phenoxy) is 2. The van der Waals surface area contributed by atoms with Crippen LogP contribution in [0.25, 0.3) is 0 Å². The van der Waals surface area contributed by atoms with Crippen LogP contribution in [-0.4, -0.2) is 44.1 Å². The third kappa shape index (κ3) is 13.0. The van der Waals surface area contributed by atoms with Gasteiger partial charge in [-0.3, -0.25) is 19.2 Å². The molecule has 164 valence electrons. The van der Waals surface area contributed by atoms with Gasteiger partial charge in [-0.25, -0.2) is 0 Å². The van der Waals surface area contributed by atoms with Crippen molar-refractivity contribution in [3.05, 3.63) is 0 Å². The van der Waals surface area contributed by atoms with Crippen LogP contribution in [0.3, 0.4) is 0 Å². The second-order valence-corrected chi connectivity index (χ2v) is 7.30. The molecule has 0 fully saturated rings. The second kappa shape index (κ2) is 16.6. The Morgan fingerprint density at radius 3 is 1.46 bits per heavy atom. The number of esters is 2. The molecule has 0 bridgehead atoms. The van der Waals surface area contributed by atoms with Crippen molar-refractivity contribution < 1.29 is 58.0 Å². The number of carbonyl (C=O) groups is 4. The zero-order valence-corrected chi connectivity index (χ0v) is 19.6. The van der Waals surface area contributed by atoms with Crippen LogP contribution in [-0.2, 0) is 50.6 Å². The van der Waals surface area contributed by atoms with E-state index < -0.39 is 30.0 Å². The average Bonchev–Trinajstić information content (AvgIpc) is 2.46. The Kier molecular flexibility index (Phi) is 18.7. The van der Waals surface area contributed by atoms with Gasteiger partial charge >= 0.3 is 41.3 Å². The fraction of sp³-hybridized carbons (Fsp3) is 0.778. The van der Waals surface area contributed by atoms with Crippen LogP contribution < -0.4 is 0 Å². The molecule has 0 spiro atoms. The quantitative estimate of drug-likeness (QED) is 0.326. The second-order valence-electron chi connectivity index (χ2n) is 6.42. The van der Waals surface area contributed by atoms with Crippen molar-refractivity contribution in [2.45, 2.75) is 61.8 Å². The predicted molar refractivity (Wildman–Crippen MR) is 96.5 cm³/mol. The topological polar surface area (TPSA) is 144 Å². The van der Waals surface area contributed by atoms with E-state index >= 15 is 0 Å². The molecule has 0 aromatic heterocycles. The van der Waals surface area contributed by atoms with E-state index in [1.54, 1.807) is 13.8 Å². The first kappa shape index (κ1) is 31.4. The number of ketones is 2. The Balaban J connectivity index is -0.000000406. The molecule has 9 nitrogen and oxygen atoms in total. The molecule has 0 aliphatic rings. The summed E-state index contributed by atoms with van der Waals surface area (Å²) in [4.78, 5) is 44.3. The summed E-state index contributed by atoms with van der Waals surface area (Å²) in [6.45, 7) is 14.5. The van der Waals surface area contributed by atoms with Crippen molar-refractivity contribution in [3.8, 4) is 0 Å². The molecule has 0 aromatic carbocycles. The first-order chi connectivity index (χ1) is 12.7. The first-order valence-electron chi connectivity index (χ1n) is 8.96. The Morgan fingerprint density at radius 2 is 1.25 bits per heavy atom. The van der Waals surface area contributed by atoms with Crippen molar-refractivity contribution >= 4 is 23.5 Å². The minimum atomic E-state index is -3.58. The molecule has 0 atom stereocenters. The van der Waals surface area contributed by atoms with Gasteiger partial charge in [-0.05, 0) is 39.5 Å². The summed E-state index contributed by atoms with van der Waals surface area (Å²) >= 11 is -3.58. The molecule has 0 aromatic rings. The monoisotopic (exact) mass is 442 g/mol. The molecular weight excluding hydrogens is 408 g/mol. The zero-order valence-electron chi connectivity index (χ0n) is 18.0. The third-order valence-electron chi connectivity index (χ3n) is 3.72. The summed E-state index contributed by atoms with van der Waals surface area (Å²) in [6, 6.07) is 0. The molecular formula is C18H34O9Ti. The molecule has 0 aliphatic carbocycles. The molecule has 0 unspecified atom stereocenters. The van der Waals surface area contributed by atoms with Gasteiger partial charge < -0.3 is 9.47 Å². The molecule has 0 rings (SSSR count). The Morgan fingerprint density at radius 1 is 0.893 bits per heavy atom. The summed E-state index contributed by atoms with van der Waals surface area (Å²) in [5.41, 5.74) is -0.990. The van der Waals surface area contributed by atoms with Crippen LogP contribution in [0.2, 0.25) is 0 Å². The van der Waals surface area contributed by atoms with E-state index in [9.17, 15) is 19.2 Å². The fourth-order valence-electron chi connectivity index (χ4n) is 2.76. The summed E-state index contributed by atoms with van der Waals surface area (Å²) in [5.74, 6) is -1.19. The van der Waals surface area contributed by atoms with Gasteiger partial charge in [0, 0.05) is 0 Å². The van der Waals surface area contributed by atoms with Crippen LogP contribution in [0.1, 0.15) is 61.8 Å². The summed E-state index contributed by atoms with van der Waals surface area (Å²) in [6.07, 6.45) is -0.103. The number of hydrogen-bond acceptors (Lipinski definition) is 7. The van der Waals surface area contributed by atoms with Crippen LogP contribution in [0, 0.1) is 17.3 Å². The minimum absolute atomic E-state index is 0.0472. The van der Waals surface area contributed by atoms with Crippen molar-refractivity contribution in [1.82, 2.24) is 0 Å². The molecule has 0 saturated heterocycles. The average molecular weight is 442 g/mol. The van der Waals surface area contributed by atoms with Gasteiger partial charge in [-0.15, -0.1) is 0 Å². The molecule has 0 amide bonds. The Hall–Kier alpha value is -1.29.